The van der Waals surface area contributed by atoms with Gasteiger partial charge in [0.05, 0.1) is 0 Å². The van der Waals surface area contributed by atoms with Crippen LogP contribution in [-0.4, -0.2) is 28.2 Å². The number of hydrogen-bond donors (Lipinski definition) is 1. The molecule has 1 amide bonds. The van der Waals surface area contributed by atoms with E-state index < -0.39 is 6.09 Å². The van der Waals surface area contributed by atoms with E-state index in [1.54, 1.807) is 0 Å². The summed E-state index contributed by atoms with van der Waals surface area (Å²) in [6.45, 7) is 21.3. The molecule has 0 spiro atoms. The molecule has 0 unspecified atom stereocenters. The van der Waals surface area contributed by atoms with Crippen LogP contribution in [-0.2, 0) is 0 Å². The minimum atomic E-state index is -0.843. The summed E-state index contributed by atoms with van der Waals surface area (Å²) in [4.78, 5) is 11.9. The maximum absolute atomic E-state index is 10.5. The summed E-state index contributed by atoms with van der Waals surface area (Å²) in [6, 6.07) is 0.134. The van der Waals surface area contributed by atoms with E-state index in [1.807, 2.05) is 27.7 Å². The summed E-state index contributed by atoms with van der Waals surface area (Å²) in [5.74, 6) is 1.58. The highest BCUT2D eigenvalue weighted by Crippen LogP contribution is 2.33. The number of carbonyl (C=O) groups is 1. The van der Waals surface area contributed by atoms with Gasteiger partial charge in [-0.05, 0) is 44.9 Å². The van der Waals surface area contributed by atoms with Crippen molar-refractivity contribution in [1.82, 2.24) is 4.90 Å². The van der Waals surface area contributed by atoms with Gasteiger partial charge in [0.1, 0.15) is 0 Å². The third kappa shape index (κ3) is 7.44. The maximum Gasteiger partial charge on any atom is 0.407 e. The summed E-state index contributed by atoms with van der Waals surface area (Å²) >= 11 is 0. The highest BCUT2D eigenvalue weighted by atomic mass is 16.4. The number of rotatable bonds is 4. The number of amides is 1. The Morgan fingerprint density at radius 1 is 0.842 bits per heavy atom. The molecule has 0 radical (unpaired) electrons. The molecule has 0 aliphatic rings. The summed E-state index contributed by atoms with van der Waals surface area (Å²) in [5, 5.41) is 8.64. The standard InChI is InChI=1S/C9H20.C7H15NO2/c1-7(2)9(5,6)8(3)4;1-5(2)8(6(3)4)7(9)10/h7-8H,1-6H3;5-6H,1-4H3,(H,9,10). The number of carboxylic acid groups (broad SMARTS) is 1. The number of hydrogen-bond acceptors (Lipinski definition) is 1. The van der Waals surface area contributed by atoms with E-state index >= 15 is 0 Å². The van der Waals surface area contributed by atoms with E-state index in [0.717, 1.165) is 11.8 Å². The van der Waals surface area contributed by atoms with Gasteiger partial charge in [-0.15, -0.1) is 0 Å². The normalized spacial score (nSPS) is 11.9. The van der Waals surface area contributed by atoms with Gasteiger partial charge in [0.15, 0.2) is 0 Å². The molecule has 0 aromatic rings. The van der Waals surface area contributed by atoms with E-state index in [4.69, 9.17) is 5.11 Å². The zero-order chi connectivity index (χ0) is 16.0. The van der Waals surface area contributed by atoms with Crippen molar-refractivity contribution >= 4 is 6.09 Å². The van der Waals surface area contributed by atoms with Gasteiger partial charge >= 0.3 is 6.09 Å². The monoisotopic (exact) mass is 273 g/mol. The smallest absolute Gasteiger partial charge is 0.407 e. The first-order valence-electron chi connectivity index (χ1n) is 7.36. The van der Waals surface area contributed by atoms with Crippen molar-refractivity contribution < 1.29 is 9.90 Å². The van der Waals surface area contributed by atoms with Gasteiger partial charge < -0.3 is 10.0 Å². The molecule has 3 nitrogen and oxygen atoms in total. The van der Waals surface area contributed by atoms with Crippen molar-refractivity contribution in [3.05, 3.63) is 0 Å². The van der Waals surface area contributed by atoms with Crippen LogP contribution in [0.3, 0.4) is 0 Å². The fourth-order valence-electron chi connectivity index (χ4n) is 1.70. The van der Waals surface area contributed by atoms with Crippen LogP contribution in [0.2, 0.25) is 0 Å². The van der Waals surface area contributed by atoms with E-state index in [0.29, 0.717) is 5.41 Å². The molecule has 0 rings (SSSR count). The molecule has 0 fully saturated rings. The molecule has 19 heavy (non-hydrogen) atoms. The molecule has 0 saturated heterocycles. The van der Waals surface area contributed by atoms with Crippen LogP contribution in [0.25, 0.3) is 0 Å². The predicted molar refractivity (Wildman–Crippen MR) is 83.6 cm³/mol. The second-order valence-electron chi connectivity index (χ2n) is 7.01. The summed E-state index contributed by atoms with van der Waals surface area (Å²) in [6.07, 6.45) is -0.843. The third-order valence-corrected chi connectivity index (χ3v) is 4.31. The van der Waals surface area contributed by atoms with Gasteiger partial charge in [-0.1, -0.05) is 41.5 Å². The number of nitrogens with zero attached hydrogens (tertiary/aromatic N) is 1. The Morgan fingerprint density at radius 2 is 1.11 bits per heavy atom. The minimum absolute atomic E-state index is 0.0671. The molecule has 0 bridgehead atoms. The van der Waals surface area contributed by atoms with Gasteiger partial charge in [0.2, 0.25) is 0 Å². The lowest BCUT2D eigenvalue weighted by atomic mass is 9.72. The predicted octanol–water partition coefficient (Wildman–Crippen LogP) is 5.11. The molecular weight excluding hydrogens is 238 g/mol. The molecule has 0 aromatic heterocycles. The Hall–Kier alpha value is -0.730. The van der Waals surface area contributed by atoms with Gasteiger partial charge in [0, 0.05) is 12.1 Å². The Morgan fingerprint density at radius 3 is 1.11 bits per heavy atom. The molecule has 3 heteroatoms. The van der Waals surface area contributed by atoms with Gasteiger partial charge in [-0.25, -0.2) is 4.79 Å². The average Bonchev–Trinajstić information content (AvgIpc) is 2.15. The Bertz CT molecular complexity index is 237. The molecule has 0 saturated carbocycles. The highest BCUT2D eigenvalue weighted by molar-refractivity contribution is 5.65. The largest absolute Gasteiger partial charge is 0.465 e. The lowest BCUT2D eigenvalue weighted by Crippen LogP contribution is -2.40. The van der Waals surface area contributed by atoms with Crippen molar-refractivity contribution in [1.29, 1.82) is 0 Å². The first kappa shape index (κ1) is 20.6. The van der Waals surface area contributed by atoms with Crippen LogP contribution in [0, 0.1) is 17.3 Å². The fourth-order valence-corrected chi connectivity index (χ4v) is 1.70. The zero-order valence-electron chi connectivity index (χ0n) is 14.6. The molecule has 116 valence electrons. The molecule has 0 aliphatic heterocycles. The van der Waals surface area contributed by atoms with E-state index in [1.165, 1.54) is 4.90 Å². The molecule has 0 heterocycles. The van der Waals surface area contributed by atoms with E-state index in [-0.39, 0.29) is 12.1 Å². The van der Waals surface area contributed by atoms with E-state index in [9.17, 15) is 4.79 Å². The lowest BCUT2D eigenvalue weighted by Gasteiger charge is -2.33. The van der Waals surface area contributed by atoms with E-state index in [2.05, 4.69) is 41.5 Å². The van der Waals surface area contributed by atoms with Crippen molar-refractivity contribution in [3.8, 4) is 0 Å². The molecule has 0 atom stereocenters. The first-order valence-corrected chi connectivity index (χ1v) is 7.36. The van der Waals surface area contributed by atoms with Crippen LogP contribution in [0.4, 0.5) is 4.79 Å². The van der Waals surface area contributed by atoms with Crippen molar-refractivity contribution in [2.45, 2.75) is 81.3 Å². The van der Waals surface area contributed by atoms with Gasteiger partial charge in [-0.2, -0.15) is 0 Å². The summed E-state index contributed by atoms with van der Waals surface area (Å²) < 4.78 is 0. The first-order chi connectivity index (χ1) is 8.35. The Kier molecular flexibility index (Phi) is 9.15. The van der Waals surface area contributed by atoms with Crippen molar-refractivity contribution in [2.24, 2.45) is 17.3 Å². The maximum atomic E-state index is 10.5. The van der Waals surface area contributed by atoms with Crippen molar-refractivity contribution in [2.75, 3.05) is 0 Å². The second kappa shape index (κ2) is 8.44. The van der Waals surface area contributed by atoms with Crippen molar-refractivity contribution in [3.63, 3.8) is 0 Å². The molecule has 0 aromatic carbocycles. The quantitative estimate of drug-likeness (QED) is 0.773. The summed E-state index contributed by atoms with van der Waals surface area (Å²) in [5.41, 5.74) is 0.500. The SMILES string of the molecule is CC(C)C(C)(C)C(C)C.CC(C)N(C(=O)O)C(C)C. The molecule has 0 aliphatic carbocycles. The minimum Gasteiger partial charge on any atom is -0.465 e. The third-order valence-electron chi connectivity index (χ3n) is 4.31. The van der Waals surface area contributed by atoms with Crippen LogP contribution in [0.15, 0.2) is 0 Å². The summed E-state index contributed by atoms with van der Waals surface area (Å²) in [7, 11) is 0. The molecule has 1 N–H and O–H groups in total. The average molecular weight is 273 g/mol. The zero-order valence-corrected chi connectivity index (χ0v) is 14.6. The van der Waals surface area contributed by atoms with Crippen LogP contribution in [0.5, 0.6) is 0 Å². The molecular formula is C16H35NO2. The van der Waals surface area contributed by atoms with Crippen LogP contribution < -0.4 is 0 Å². The second-order valence-corrected chi connectivity index (χ2v) is 7.01. The lowest BCUT2D eigenvalue weighted by molar-refractivity contribution is 0.116. The van der Waals surface area contributed by atoms with Crippen LogP contribution >= 0.6 is 0 Å². The fraction of sp³-hybridized carbons (Fsp3) is 0.938. The highest BCUT2D eigenvalue weighted by Gasteiger charge is 2.25. The topological polar surface area (TPSA) is 40.5 Å². The Balaban J connectivity index is 0. The Labute approximate surface area is 120 Å². The van der Waals surface area contributed by atoms with Gasteiger partial charge in [-0.3, -0.25) is 0 Å². The van der Waals surface area contributed by atoms with Crippen LogP contribution in [0.1, 0.15) is 69.2 Å². The van der Waals surface area contributed by atoms with Gasteiger partial charge in [0.25, 0.3) is 0 Å².